The summed E-state index contributed by atoms with van der Waals surface area (Å²) in [5, 5.41) is 0. The number of H-pyrrole nitrogens is 1. The van der Waals surface area contributed by atoms with E-state index in [4.69, 9.17) is 0 Å². The Bertz CT molecular complexity index is 841. The Morgan fingerprint density at radius 1 is 1.00 bits per heavy atom. The molecule has 3 nitrogen and oxygen atoms in total. The molecule has 0 saturated heterocycles. The molecule has 0 saturated carbocycles. The summed E-state index contributed by atoms with van der Waals surface area (Å²) in [5.41, 5.74) is 2.15. The SMILES string of the molecule is Cc1ccc(-c2cc(=O)[nH]c(-c3ccccc3)n2)cc1F. The van der Waals surface area contributed by atoms with Gasteiger partial charge in [0.25, 0.3) is 5.56 Å². The Hall–Kier alpha value is -2.75. The van der Waals surface area contributed by atoms with E-state index in [9.17, 15) is 9.18 Å². The van der Waals surface area contributed by atoms with Crippen LogP contribution in [0.25, 0.3) is 22.6 Å². The van der Waals surface area contributed by atoms with E-state index >= 15 is 0 Å². The molecular formula is C17H13FN2O. The van der Waals surface area contributed by atoms with Crippen LogP contribution in [0.2, 0.25) is 0 Å². The average Bonchev–Trinajstić information content (AvgIpc) is 2.50. The largest absolute Gasteiger partial charge is 0.306 e. The molecule has 3 rings (SSSR count). The van der Waals surface area contributed by atoms with Gasteiger partial charge in [0.05, 0.1) is 5.69 Å². The van der Waals surface area contributed by atoms with Gasteiger partial charge in [-0.2, -0.15) is 0 Å². The van der Waals surface area contributed by atoms with Crippen molar-refractivity contribution in [1.29, 1.82) is 0 Å². The highest BCUT2D eigenvalue weighted by atomic mass is 19.1. The van der Waals surface area contributed by atoms with Crippen LogP contribution < -0.4 is 5.56 Å². The Morgan fingerprint density at radius 2 is 1.76 bits per heavy atom. The predicted octanol–water partition coefficient (Wildman–Crippen LogP) is 3.55. The Morgan fingerprint density at radius 3 is 2.48 bits per heavy atom. The third kappa shape index (κ3) is 2.74. The van der Waals surface area contributed by atoms with Crippen LogP contribution in [0.3, 0.4) is 0 Å². The van der Waals surface area contributed by atoms with Crippen molar-refractivity contribution in [3.8, 4) is 22.6 Å². The number of aromatic nitrogens is 2. The van der Waals surface area contributed by atoms with E-state index in [-0.39, 0.29) is 11.4 Å². The van der Waals surface area contributed by atoms with Crippen molar-refractivity contribution in [2.45, 2.75) is 6.92 Å². The molecule has 1 N–H and O–H groups in total. The second-order valence-corrected chi connectivity index (χ2v) is 4.81. The van der Waals surface area contributed by atoms with Crippen LogP contribution in [0.15, 0.2) is 59.4 Å². The van der Waals surface area contributed by atoms with Gasteiger partial charge in [0.15, 0.2) is 0 Å². The standard InChI is InChI=1S/C17H13FN2O/c1-11-7-8-13(9-14(11)18)15-10-16(21)20-17(19-15)12-5-3-2-4-6-12/h2-10H,1H3,(H,19,20,21). The molecule has 0 aliphatic carbocycles. The van der Waals surface area contributed by atoms with Crippen LogP contribution in [-0.4, -0.2) is 9.97 Å². The summed E-state index contributed by atoms with van der Waals surface area (Å²) in [7, 11) is 0. The third-order valence-electron chi connectivity index (χ3n) is 3.26. The van der Waals surface area contributed by atoms with Crippen molar-refractivity contribution in [2.75, 3.05) is 0 Å². The lowest BCUT2D eigenvalue weighted by Gasteiger charge is -2.06. The molecular weight excluding hydrogens is 267 g/mol. The first kappa shape index (κ1) is 13.2. The minimum Gasteiger partial charge on any atom is -0.306 e. The lowest BCUT2D eigenvalue weighted by atomic mass is 10.1. The molecule has 0 bridgehead atoms. The molecule has 0 fully saturated rings. The van der Waals surface area contributed by atoms with Gasteiger partial charge < -0.3 is 4.98 Å². The van der Waals surface area contributed by atoms with Crippen LogP contribution in [-0.2, 0) is 0 Å². The normalized spacial score (nSPS) is 10.6. The summed E-state index contributed by atoms with van der Waals surface area (Å²) < 4.78 is 13.7. The number of hydrogen-bond donors (Lipinski definition) is 1. The first-order valence-corrected chi connectivity index (χ1v) is 6.57. The number of nitrogens with zero attached hydrogens (tertiary/aromatic N) is 1. The van der Waals surface area contributed by atoms with Crippen molar-refractivity contribution >= 4 is 0 Å². The second kappa shape index (κ2) is 5.32. The van der Waals surface area contributed by atoms with Crippen LogP contribution in [0, 0.1) is 12.7 Å². The minimum atomic E-state index is -0.309. The molecule has 4 heteroatoms. The van der Waals surface area contributed by atoms with Gasteiger partial charge in [-0.1, -0.05) is 42.5 Å². The van der Waals surface area contributed by atoms with Gasteiger partial charge in [0, 0.05) is 17.2 Å². The molecule has 0 atom stereocenters. The summed E-state index contributed by atoms with van der Waals surface area (Å²) in [6.07, 6.45) is 0. The van der Waals surface area contributed by atoms with Crippen LogP contribution in [0.4, 0.5) is 4.39 Å². The van der Waals surface area contributed by atoms with Gasteiger partial charge >= 0.3 is 0 Å². The fourth-order valence-electron chi connectivity index (χ4n) is 2.09. The second-order valence-electron chi connectivity index (χ2n) is 4.81. The zero-order chi connectivity index (χ0) is 14.8. The Balaban J connectivity index is 2.14. The molecule has 0 aliphatic heterocycles. The van der Waals surface area contributed by atoms with Gasteiger partial charge in [-0.25, -0.2) is 9.37 Å². The van der Waals surface area contributed by atoms with Crippen molar-refractivity contribution in [3.05, 3.63) is 76.3 Å². The highest BCUT2D eigenvalue weighted by Crippen LogP contribution is 2.21. The molecule has 1 aromatic heterocycles. The molecule has 0 aliphatic rings. The zero-order valence-corrected chi connectivity index (χ0v) is 11.4. The number of aromatic amines is 1. The molecule has 0 spiro atoms. The Kier molecular flexibility index (Phi) is 3.36. The number of nitrogens with one attached hydrogen (secondary N) is 1. The van der Waals surface area contributed by atoms with Crippen molar-refractivity contribution in [3.63, 3.8) is 0 Å². The molecule has 1 heterocycles. The summed E-state index contributed by atoms with van der Waals surface area (Å²) in [6, 6.07) is 15.5. The maximum atomic E-state index is 13.7. The van der Waals surface area contributed by atoms with Crippen LogP contribution in [0.1, 0.15) is 5.56 Å². The molecule has 3 aromatic rings. The number of rotatable bonds is 2. The van der Waals surface area contributed by atoms with Gasteiger partial charge in [0.2, 0.25) is 0 Å². The molecule has 0 amide bonds. The summed E-state index contributed by atoms with van der Waals surface area (Å²) in [4.78, 5) is 18.9. The number of aryl methyl sites for hydroxylation is 1. The first-order chi connectivity index (χ1) is 10.1. The lowest BCUT2D eigenvalue weighted by Crippen LogP contribution is -2.08. The summed E-state index contributed by atoms with van der Waals surface area (Å²) in [6.45, 7) is 1.69. The predicted molar refractivity (Wildman–Crippen MR) is 80.4 cm³/mol. The first-order valence-electron chi connectivity index (χ1n) is 6.57. The third-order valence-corrected chi connectivity index (χ3v) is 3.26. The van der Waals surface area contributed by atoms with E-state index in [1.54, 1.807) is 19.1 Å². The fraction of sp³-hybridized carbons (Fsp3) is 0.0588. The van der Waals surface area contributed by atoms with E-state index in [0.717, 1.165) is 5.56 Å². The average molecular weight is 280 g/mol. The van der Waals surface area contributed by atoms with Crippen molar-refractivity contribution in [1.82, 2.24) is 9.97 Å². The molecule has 2 aromatic carbocycles. The maximum absolute atomic E-state index is 13.7. The highest BCUT2D eigenvalue weighted by molar-refractivity contribution is 5.63. The molecule has 21 heavy (non-hydrogen) atoms. The van der Waals surface area contributed by atoms with E-state index in [0.29, 0.717) is 22.6 Å². The minimum absolute atomic E-state index is 0.264. The van der Waals surface area contributed by atoms with E-state index in [2.05, 4.69) is 9.97 Å². The molecule has 0 radical (unpaired) electrons. The van der Waals surface area contributed by atoms with Gasteiger partial charge in [-0.15, -0.1) is 0 Å². The van der Waals surface area contributed by atoms with Crippen LogP contribution >= 0.6 is 0 Å². The number of benzene rings is 2. The van der Waals surface area contributed by atoms with Gasteiger partial charge in [-0.05, 0) is 18.6 Å². The molecule has 0 unspecified atom stereocenters. The lowest BCUT2D eigenvalue weighted by molar-refractivity contribution is 0.619. The van der Waals surface area contributed by atoms with E-state index in [1.807, 2.05) is 30.3 Å². The number of hydrogen-bond acceptors (Lipinski definition) is 2. The molecule has 104 valence electrons. The van der Waals surface area contributed by atoms with Crippen molar-refractivity contribution in [2.24, 2.45) is 0 Å². The van der Waals surface area contributed by atoms with Gasteiger partial charge in [0.1, 0.15) is 11.6 Å². The van der Waals surface area contributed by atoms with E-state index < -0.39 is 0 Å². The Labute approximate surface area is 121 Å². The summed E-state index contributed by atoms with van der Waals surface area (Å²) in [5.74, 6) is 0.162. The van der Waals surface area contributed by atoms with Crippen molar-refractivity contribution < 1.29 is 4.39 Å². The highest BCUT2D eigenvalue weighted by Gasteiger charge is 2.07. The number of halogens is 1. The fourth-order valence-corrected chi connectivity index (χ4v) is 2.09. The smallest absolute Gasteiger partial charge is 0.251 e. The van der Waals surface area contributed by atoms with E-state index in [1.165, 1.54) is 12.1 Å². The van der Waals surface area contributed by atoms with Gasteiger partial charge in [-0.3, -0.25) is 4.79 Å². The summed E-state index contributed by atoms with van der Waals surface area (Å²) >= 11 is 0. The maximum Gasteiger partial charge on any atom is 0.251 e. The quantitative estimate of drug-likeness (QED) is 0.780. The monoisotopic (exact) mass is 280 g/mol. The zero-order valence-electron chi connectivity index (χ0n) is 11.4. The van der Waals surface area contributed by atoms with Crippen LogP contribution in [0.5, 0.6) is 0 Å². The topological polar surface area (TPSA) is 45.8 Å².